The third-order valence-electron chi connectivity index (χ3n) is 2.79. The van der Waals surface area contributed by atoms with Crippen LogP contribution in [-0.4, -0.2) is 48.3 Å². The molecule has 0 bridgehead atoms. The number of nitrogens with zero attached hydrogens (tertiary/aromatic N) is 1. The van der Waals surface area contributed by atoms with Gasteiger partial charge in [-0.05, 0) is 24.3 Å². The molecule has 1 amide bonds. The Bertz CT molecular complexity index is 393. The lowest BCUT2D eigenvalue weighted by molar-refractivity contribution is -0.0183. The maximum absolute atomic E-state index is 12.2. The summed E-state index contributed by atoms with van der Waals surface area (Å²) in [6.07, 6.45) is 0. The number of ether oxygens (including phenoxy) is 1. The van der Waals surface area contributed by atoms with Crippen LogP contribution in [-0.2, 0) is 4.74 Å². The number of rotatable bonds is 2. The lowest BCUT2D eigenvalue weighted by Gasteiger charge is -2.34. The summed E-state index contributed by atoms with van der Waals surface area (Å²) in [6, 6.07) is 6.98. The van der Waals surface area contributed by atoms with E-state index in [0.29, 0.717) is 25.3 Å². The van der Waals surface area contributed by atoms with Crippen LogP contribution in [0.1, 0.15) is 10.4 Å². The van der Waals surface area contributed by atoms with Crippen molar-refractivity contribution in [3.63, 3.8) is 0 Å². The van der Waals surface area contributed by atoms with Gasteiger partial charge >= 0.3 is 0 Å². The Labute approximate surface area is 108 Å². The summed E-state index contributed by atoms with van der Waals surface area (Å²) in [5, 5.41) is 9.22. The molecule has 1 aliphatic heterocycles. The highest BCUT2D eigenvalue weighted by Crippen LogP contribution is 2.15. The molecule has 0 spiro atoms. The number of aliphatic hydroxyl groups excluding tert-OH is 1. The number of carbonyl (C=O) groups is 1. The SMILES string of the molecule is O=C(c1ccc(Br)cc1)N1CCOCC1CO. The Hall–Kier alpha value is -0.910. The van der Waals surface area contributed by atoms with Crippen LogP contribution in [0.2, 0.25) is 0 Å². The molecule has 2 rings (SSSR count). The predicted molar refractivity (Wildman–Crippen MR) is 66.9 cm³/mol. The maximum atomic E-state index is 12.2. The summed E-state index contributed by atoms with van der Waals surface area (Å²) in [6.45, 7) is 1.39. The molecule has 0 saturated carbocycles. The zero-order valence-electron chi connectivity index (χ0n) is 9.30. The molecule has 1 aromatic rings. The maximum Gasteiger partial charge on any atom is 0.254 e. The molecule has 92 valence electrons. The van der Waals surface area contributed by atoms with Gasteiger partial charge in [-0.15, -0.1) is 0 Å². The average molecular weight is 300 g/mol. The molecule has 1 fully saturated rings. The van der Waals surface area contributed by atoms with Gasteiger partial charge < -0.3 is 14.7 Å². The number of morpholine rings is 1. The van der Waals surface area contributed by atoms with Crippen LogP contribution in [0.3, 0.4) is 0 Å². The van der Waals surface area contributed by atoms with E-state index in [9.17, 15) is 9.90 Å². The topological polar surface area (TPSA) is 49.8 Å². The largest absolute Gasteiger partial charge is 0.394 e. The number of hydrogen-bond acceptors (Lipinski definition) is 3. The second kappa shape index (κ2) is 5.62. The van der Waals surface area contributed by atoms with Crippen molar-refractivity contribution < 1.29 is 14.6 Å². The number of benzene rings is 1. The van der Waals surface area contributed by atoms with Crippen LogP contribution >= 0.6 is 15.9 Å². The predicted octanol–water partition coefficient (Wildman–Crippen LogP) is 1.28. The van der Waals surface area contributed by atoms with Crippen molar-refractivity contribution in [1.82, 2.24) is 4.90 Å². The van der Waals surface area contributed by atoms with Crippen molar-refractivity contribution in [2.24, 2.45) is 0 Å². The Kier molecular flexibility index (Phi) is 4.15. The van der Waals surface area contributed by atoms with Crippen LogP contribution < -0.4 is 0 Å². The summed E-state index contributed by atoms with van der Waals surface area (Å²) in [5.41, 5.74) is 0.633. The first-order chi connectivity index (χ1) is 8.22. The van der Waals surface area contributed by atoms with Crippen molar-refractivity contribution in [2.75, 3.05) is 26.4 Å². The molecule has 1 N–H and O–H groups in total. The van der Waals surface area contributed by atoms with E-state index < -0.39 is 0 Å². The Morgan fingerprint density at radius 3 is 2.82 bits per heavy atom. The number of carbonyl (C=O) groups excluding carboxylic acids is 1. The number of halogens is 1. The quantitative estimate of drug-likeness (QED) is 0.895. The fourth-order valence-electron chi connectivity index (χ4n) is 1.83. The molecular weight excluding hydrogens is 286 g/mol. The van der Waals surface area contributed by atoms with E-state index in [1.165, 1.54) is 0 Å². The minimum Gasteiger partial charge on any atom is -0.394 e. The molecule has 17 heavy (non-hydrogen) atoms. The van der Waals surface area contributed by atoms with E-state index in [4.69, 9.17) is 4.74 Å². The molecule has 1 heterocycles. The van der Waals surface area contributed by atoms with Crippen molar-refractivity contribution in [3.8, 4) is 0 Å². The zero-order valence-corrected chi connectivity index (χ0v) is 10.9. The molecule has 0 aromatic heterocycles. The second-order valence-corrected chi connectivity index (χ2v) is 4.83. The van der Waals surface area contributed by atoms with Gasteiger partial charge in [-0.2, -0.15) is 0 Å². The van der Waals surface area contributed by atoms with E-state index >= 15 is 0 Å². The smallest absolute Gasteiger partial charge is 0.254 e. The summed E-state index contributed by atoms with van der Waals surface area (Å²) < 4.78 is 6.19. The second-order valence-electron chi connectivity index (χ2n) is 3.92. The minimum absolute atomic E-state index is 0.0557. The van der Waals surface area contributed by atoms with Gasteiger partial charge in [-0.1, -0.05) is 15.9 Å². The van der Waals surface area contributed by atoms with Crippen molar-refractivity contribution >= 4 is 21.8 Å². The number of aliphatic hydroxyl groups is 1. The first-order valence-electron chi connectivity index (χ1n) is 5.47. The van der Waals surface area contributed by atoms with Crippen LogP contribution in [0.15, 0.2) is 28.7 Å². The average Bonchev–Trinajstić information content (AvgIpc) is 2.39. The lowest BCUT2D eigenvalue weighted by atomic mass is 10.1. The van der Waals surface area contributed by atoms with Crippen molar-refractivity contribution in [1.29, 1.82) is 0 Å². The summed E-state index contributed by atoms with van der Waals surface area (Å²) in [4.78, 5) is 13.9. The minimum atomic E-state index is -0.236. The molecule has 1 atom stereocenters. The third-order valence-corrected chi connectivity index (χ3v) is 3.32. The Morgan fingerprint density at radius 1 is 1.47 bits per heavy atom. The summed E-state index contributed by atoms with van der Waals surface area (Å²) in [7, 11) is 0. The standard InChI is InChI=1S/C12H14BrNO3/c13-10-3-1-9(2-4-10)12(16)14-5-6-17-8-11(14)7-15/h1-4,11,15H,5-8H2. The molecule has 1 saturated heterocycles. The Balaban J connectivity index is 2.15. The summed E-state index contributed by atoms with van der Waals surface area (Å²) in [5.74, 6) is -0.0557. The van der Waals surface area contributed by atoms with Gasteiger partial charge in [0.2, 0.25) is 0 Å². The fourth-order valence-corrected chi connectivity index (χ4v) is 2.10. The Morgan fingerprint density at radius 2 is 2.18 bits per heavy atom. The van der Waals surface area contributed by atoms with Gasteiger partial charge in [-0.25, -0.2) is 0 Å². The van der Waals surface area contributed by atoms with Crippen molar-refractivity contribution in [3.05, 3.63) is 34.3 Å². The van der Waals surface area contributed by atoms with Gasteiger partial charge in [0, 0.05) is 16.6 Å². The molecule has 4 nitrogen and oxygen atoms in total. The highest BCUT2D eigenvalue weighted by Gasteiger charge is 2.27. The van der Waals surface area contributed by atoms with E-state index in [1.54, 1.807) is 17.0 Å². The lowest BCUT2D eigenvalue weighted by Crippen LogP contribution is -2.50. The van der Waals surface area contributed by atoms with Crippen LogP contribution in [0.25, 0.3) is 0 Å². The van der Waals surface area contributed by atoms with Crippen LogP contribution in [0.5, 0.6) is 0 Å². The normalized spacial score (nSPS) is 20.4. The van der Waals surface area contributed by atoms with E-state index in [2.05, 4.69) is 15.9 Å². The molecular formula is C12H14BrNO3. The molecule has 1 aliphatic rings. The molecule has 0 aliphatic carbocycles. The first kappa shape index (κ1) is 12.5. The van der Waals surface area contributed by atoms with Crippen molar-refractivity contribution in [2.45, 2.75) is 6.04 Å². The van der Waals surface area contributed by atoms with Gasteiger partial charge in [0.25, 0.3) is 5.91 Å². The van der Waals surface area contributed by atoms with Gasteiger partial charge in [-0.3, -0.25) is 4.79 Å². The summed E-state index contributed by atoms with van der Waals surface area (Å²) >= 11 is 3.33. The molecule has 1 unspecified atom stereocenters. The van der Waals surface area contributed by atoms with E-state index in [1.807, 2.05) is 12.1 Å². The molecule has 1 aromatic carbocycles. The molecule has 5 heteroatoms. The van der Waals surface area contributed by atoms with E-state index in [0.717, 1.165) is 4.47 Å². The zero-order chi connectivity index (χ0) is 12.3. The first-order valence-corrected chi connectivity index (χ1v) is 6.27. The number of amides is 1. The van der Waals surface area contributed by atoms with Gasteiger partial charge in [0.15, 0.2) is 0 Å². The van der Waals surface area contributed by atoms with Gasteiger partial charge in [0.1, 0.15) is 0 Å². The van der Waals surface area contributed by atoms with E-state index in [-0.39, 0.29) is 18.6 Å². The number of hydrogen-bond donors (Lipinski definition) is 1. The monoisotopic (exact) mass is 299 g/mol. The highest BCUT2D eigenvalue weighted by molar-refractivity contribution is 9.10. The van der Waals surface area contributed by atoms with Crippen LogP contribution in [0, 0.1) is 0 Å². The highest BCUT2D eigenvalue weighted by atomic mass is 79.9. The molecule has 0 radical (unpaired) electrons. The third kappa shape index (κ3) is 2.86. The van der Waals surface area contributed by atoms with Crippen LogP contribution in [0.4, 0.5) is 0 Å². The van der Waals surface area contributed by atoms with Gasteiger partial charge in [0.05, 0.1) is 25.9 Å². The fraction of sp³-hybridized carbons (Fsp3) is 0.417.